The molecule has 0 spiro atoms. The lowest BCUT2D eigenvalue weighted by molar-refractivity contribution is -0.136. The van der Waals surface area contributed by atoms with Gasteiger partial charge < -0.3 is 9.53 Å². The summed E-state index contributed by atoms with van der Waals surface area (Å²) in [5.41, 5.74) is 0.702. The summed E-state index contributed by atoms with van der Waals surface area (Å²) in [7, 11) is -6.62. The van der Waals surface area contributed by atoms with Crippen molar-refractivity contribution < 1.29 is 22.7 Å². The molecule has 0 heterocycles. The summed E-state index contributed by atoms with van der Waals surface area (Å²) in [6.45, 7) is 6.38. The normalized spacial score (nSPS) is 12.2. The number of carboxylic acids is 1. The van der Waals surface area contributed by atoms with Crippen LogP contribution in [0.5, 0.6) is 5.75 Å². The van der Waals surface area contributed by atoms with Gasteiger partial charge in [-0.15, -0.1) is 0 Å². The fourth-order valence-corrected chi connectivity index (χ4v) is 9.04. The van der Waals surface area contributed by atoms with Gasteiger partial charge in [-0.2, -0.15) is 0 Å². The highest BCUT2D eigenvalue weighted by molar-refractivity contribution is 7.92. The van der Waals surface area contributed by atoms with Crippen molar-refractivity contribution in [2.75, 3.05) is 11.0 Å². The summed E-state index contributed by atoms with van der Waals surface area (Å²) < 4.78 is 33.7. The second-order valence-corrected chi connectivity index (χ2v) is 15.0. The van der Waals surface area contributed by atoms with E-state index in [2.05, 4.69) is 25.5 Å². The van der Waals surface area contributed by atoms with Crippen molar-refractivity contribution in [2.24, 2.45) is 0 Å². The lowest BCUT2D eigenvalue weighted by Crippen LogP contribution is -2.68. The Morgan fingerprint density at radius 1 is 0.939 bits per heavy atom. The number of benzene rings is 3. The van der Waals surface area contributed by atoms with E-state index < -0.39 is 24.3 Å². The van der Waals surface area contributed by atoms with E-state index in [9.17, 15) is 18.3 Å². The minimum Gasteiger partial charge on any atom is -0.533 e. The van der Waals surface area contributed by atoms with Crippen LogP contribution in [0.4, 0.5) is 5.69 Å². The minimum absolute atomic E-state index is 0.224. The van der Waals surface area contributed by atoms with E-state index in [-0.39, 0.29) is 17.1 Å². The first-order valence-electron chi connectivity index (χ1n) is 10.5. The Labute approximate surface area is 196 Å². The maximum absolute atomic E-state index is 12.1. The van der Waals surface area contributed by atoms with E-state index >= 15 is 0 Å². The van der Waals surface area contributed by atoms with E-state index in [4.69, 9.17) is 4.43 Å². The third kappa shape index (κ3) is 5.64. The van der Waals surface area contributed by atoms with Crippen LogP contribution in [0.25, 0.3) is 0 Å². The molecule has 0 atom stereocenters. The molecule has 2 N–H and O–H groups in total. The highest BCUT2D eigenvalue weighted by atomic mass is 32.2. The molecule has 33 heavy (non-hydrogen) atoms. The van der Waals surface area contributed by atoms with Crippen molar-refractivity contribution in [2.45, 2.75) is 32.2 Å². The smallest absolute Gasteiger partial charge is 0.320 e. The maximum Gasteiger partial charge on any atom is 0.320 e. The molecule has 0 aliphatic heterocycles. The van der Waals surface area contributed by atoms with E-state index in [0.29, 0.717) is 11.3 Å². The third-order valence-electron chi connectivity index (χ3n) is 5.37. The van der Waals surface area contributed by atoms with E-state index in [0.717, 1.165) is 16.6 Å². The van der Waals surface area contributed by atoms with Crippen LogP contribution < -0.4 is 19.5 Å². The van der Waals surface area contributed by atoms with Gasteiger partial charge in [0.2, 0.25) is 10.0 Å². The summed E-state index contributed by atoms with van der Waals surface area (Å²) in [6.07, 6.45) is 0.835. The predicted molar refractivity (Wildman–Crippen MR) is 134 cm³/mol. The lowest BCUT2D eigenvalue weighted by Gasteiger charge is -2.43. The van der Waals surface area contributed by atoms with Gasteiger partial charge in [0.25, 0.3) is 0 Å². The maximum atomic E-state index is 12.1. The van der Waals surface area contributed by atoms with Gasteiger partial charge in [-0.3, -0.25) is 9.52 Å². The monoisotopic (exact) mass is 483 g/mol. The number of nitrogens with one attached hydrogen (secondary N) is 1. The van der Waals surface area contributed by atoms with Crippen molar-refractivity contribution in [3.8, 4) is 5.75 Å². The molecule has 0 aliphatic rings. The number of hydrogen-bond donors (Lipinski definition) is 2. The molecule has 0 amide bonds. The molecule has 3 aromatic carbocycles. The molecule has 3 rings (SSSR count). The number of aliphatic carboxylic acids is 1. The Hall–Kier alpha value is -3.10. The molecule has 0 aromatic heterocycles. The quantitative estimate of drug-likeness (QED) is 0.478. The molecule has 3 aromatic rings. The molecule has 0 fully saturated rings. The van der Waals surface area contributed by atoms with Gasteiger partial charge >= 0.3 is 14.3 Å². The number of sulfonamides is 1. The van der Waals surface area contributed by atoms with Crippen LogP contribution in [0.1, 0.15) is 26.3 Å². The molecule has 0 unspecified atom stereocenters. The molecule has 8 heteroatoms. The highest BCUT2D eigenvalue weighted by Gasteiger charge is 2.52. The first-order chi connectivity index (χ1) is 15.4. The van der Waals surface area contributed by atoms with Crippen LogP contribution in [-0.4, -0.2) is 34.1 Å². The summed E-state index contributed by atoms with van der Waals surface area (Å²) in [5.74, 6) is -0.634. The molecule has 174 valence electrons. The summed E-state index contributed by atoms with van der Waals surface area (Å²) in [6, 6.07) is 24.8. The van der Waals surface area contributed by atoms with Crippen LogP contribution in [0.15, 0.2) is 78.9 Å². The Bertz CT molecular complexity index is 1180. The topological polar surface area (TPSA) is 92.7 Å². The number of carboxylic acid groups (broad SMARTS) is 1. The molecule has 0 radical (unpaired) electrons. The predicted octanol–water partition coefficient (Wildman–Crippen LogP) is 3.62. The molecular formula is C25H29NO5SSi. The average molecular weight is 484 g/mol. The number of carbonyl (C=O) groups is 1. The largest absolute Gasteiger partial charge is 0.533 e. The van der Waals surface area contributed by atoms with Crippen LogP contribution in [0.2, 0.25) is 5.04 Å². The summed E-state index contributed by atoms with van der Waals surface area (Å²) in [4.78, 5) is 11.2. The van der Waals surface area contributed by atoms with Crippen LogP contribution in [0, 0.1) is 0 Å². The number of hydrogen-bond acceptors (Lipinski definition) is 4. The molecule has 0 aliphatic carbocycles. The van der Waals surface area contributed by atoms with Crippen molar-refractivity contribution in [3.05, 3.63) is 84.4 Å². The Balaban J connectivity index is 2.26. The zero-order valence-corrected chi connectivity index (χ0v) is 21.0. The van der Waals surface area contributed by atoms with Crippen molar-refractivity contribution >= 4 is 40.4 Å². The third-order valence-corrected chi connectivity index (χ3v) is 10.9. The Morgan fingerprint density at radius 3 is 1.88 bits per heavy atom. The van der Waals surface area contributed by atoms with Gasteiger partial charge in [0.1, 0.15) is 5.75 Å². The average Bonchev–Trinajstić information content (AvgIpc) is 2.72. The Morgan fingerprint density at radius 2 is 1.45 bits per heavy atom. The second-order valence-electron chi connectivity index (χ2n) is 9.04. The number of rotatable bonds is 8. The summed E-state index contributed by atoms with van der Waals surface area (Å²) in [5, 5.41) is 11.0. The van der Waals surface area contributed by atoms with Gasteiger partial charge in [0, 0.05) is 0 Å². The van der Waals surface area contributed by atoms with Crippen molar-refractivity contribution in [3.63, 3.8) is 0 Å². The van der Waals surface area contributed by atoms with Crippen molar-refractivity contribution in [1.82, 2.24) is 0 Å². The van der Waals surface area contributed by atoms with Gasteiger partial charge in [0.05, 0.1) is 18.4 Å². The zero-order chi connectivity index (χ0) is 24.3. The fraction of sp³-hybridized carbons (Fsp3) is 0.240. The SMILES string of the molecule is CC(C)(C)[Si](Oc1ccc(CC(=O)O)cc1NS(C)(=O)=O)(c1ccccc1)c1ccccc1. The van der Waals surface area contributed by atoms with Crippen LogP contribution in [-0.2, 0) is 21.2 Å². The second kappa shape index (κ2) is 9.41. The van der Waals surface area contributed by atoms with Gasteiger partial charge in [-0.25, -0.2) is 8.42 Å². The van der Waals surface area contributed by atoms with Crippen molar-refractivity contribution in [1.29, 1.82) is 0 Å². The first kappa shape index (κ1) is 24.5. The van der Waals surface area contributed by atoms with Crippen LogP contribution >= 0.6 is 0 Å². The molecule has 6 nitrogen and oxygen atoms in total. The molecular weight excluding hydrogens is 454 g/mol. The molecule has 0 saturated heterocycles. The standard InChI is InChI=1S/C25H29NO5SSi/c1-25(2,3)33(20-11-7-5-8-12-20,21-13-9-6-10-14-21)31-23-16-15-19(18-24(27)28)17-22(23)26-32(4,29)30/h5-17,26H,18H2,1-4H3,(H,27,28). The number of anilines is 1. The van der Waals surface area contributed by atoms with E-state index in [1.807, 2.05) is 60.7 Å². The fourth-order valence-electron chi connectivity index (χ4n) is 4.04. The van der Waals surface area contributed by atoms with Gasteiger partial charge in [-0.05, 0) is 33.1 Å². The minimum atomic E-state index is -3.63. The van der Waals surface area contributed by atoms with Gasteiger partial charge in [-0.1, -0.05) is 87.5 Å². The molecule has 0 bridgehead atoms. The van der Waals surface area contributed by atoms with Crippen LogP contribution in [0.3, 0.4) is 0 Å². The first-order valence-corrected chi connectivity index (χ1v) is 14.3. The summed E-state index contributed by atoms with van der Waals surface area (Å²) >= 11 is 0. The Kier molecular flexibility index (Phi) is 6.99. The van der Waals surface area contributed by atoms with E-state index in [1.54, 1.807) is 12.1 Å². The lowest BCUT2D eigenvalue weighted by atomic mass is 10.1. The molecule has 0 saturated carbocycles. The zero-order valence-electron chi connectivity index (χ0n) is 19.2. The van der Waals surface area contributed by atoms with E-state index in [1.165, 1.54) is 6.07 Å². The highest BCUT2D eigenvalue weighted by Crippen LogP contribution is 2.40. The van der Waals surface area contributed by atoms with Gasteiger partial charge in [0.15, 0.2) is 0 Å².